The van der Waals surface area contributed by atoms with Crippen molar-refractivity contribution in [3.8, 4) is 0 Å². The maximum Gasteiger partial charge on any atom is 0.126 e. The summed E-state index contributed by atoms with van der Waals surface area (Å²) in [5.74, 6) is -0.354. The van der Waals surface area contributed by atoms with Crippen LogP contribution < -0.4 is 5.32 Å². The van der Waals surface area contributed by atoms with Gasteiger partial charge in [-0.25, -0.2) is 8.78 Å². The zero-order valence-electron chi connectivity index (χ0n) is 12.2. The highest BCUT2D eigenvalue weighted by molar-refractivity contribution is 5.18. The van der Waals surface area contributed by atoms with Crippen LogP contribution in [0.25, 0.3) is 0 Å². The highest BCUT2D eigenvalue weighted by Gasteiger charge is 2.11. The number of hydrogen-bond acceptors (Lipinski definition) is 1. The standard InChI is InChI=1S/C16H25F2N/c1-4-7-19-16(8-12(2)3)6-5-13-9-14(17)11-15(18)10-13/h9-12,16,19H,4-8H2,1-3H3. The highest BCUT2D eigenvalue weighted by Crippen LogP contribution is 2.14. The van der Waals surface area contributed by atoms with Crippen LogP contribution in [0.15, 0.2) is 18.2 Å². The van der Waals surface area contributed by atoms with Gasteiger partial charge in [-0.3, -0.25) is 0 Å². The molecule has 0 heterocycles. The van der Waals surface area contributed by atoms with Crippen LogP contribution in [0.3, 0.4) is 0 Å². The number of aryl methyl sites for hydroxylation is 1. The van der Waals surface area contributed by atoms with Crippen LogP contribution in [0, 0.1) is 17.6 Å². The second-order valence-corrected chi connectivity index (χ2v) is 5.60. The van der Waals surface area contributed by atoms with Crippen molar-refractivity contribution in [2.45, 2.75) is 52.5 Å². The Bertz CT molecular complexity index is 357. The van der Waals surface area contributed by atoms with Crippen LogP contribution >= 0.6 is 0 Å². The Labute approximate surface area is 115 Å². The van der Waals surface area contributed by atoms with Gasteiger partial charge in [-0.1, -0.05) is 20.8 Å². The van der Waals surface area contributed by atoms with E-state index in [0.717, 1.165) is 37.4 Å². The molecule has 0 fully saturated rings. The molecule has 1 nitrogen and oxygen atoms in total. The van der Waals surface area contributed by atoms with Crippen LogP contribution in [0.5, 0.6) is 0 Å². The monoisotopic (exact) mass is 269 g/mol. The maximum absolute atomic E-state index is 13.1. The molecule has 0 aliphatic rings. The molecule has 1 rings (SSSR count). The molecular weight excluding hydrogens is 244 g/mol. The quantitative estimate of drug-likeness (QED) is 0.741. The third-order valence-corrected chi connectivity index (χ3v) is 3.14. The van der Waals surface area contributed by atoms with E-state index in [1.54, 1.807) is 0 Å². The van der Waals surface area contributed by atoms with Crippen LogP contribution in [-0.4, -0.2) is 12.6 Å². The lowest BCUT2D eigenvalue weighted by Gasteiger charge is -2.20. The molecule has 1 aromatic rings. The summed E-state index contributed by atoms with van der Waals surface area (Å²) in [7, 11) is 0. The van der Waals surface area contributed by atoms with Crippen LogP contribution in [0.1, 0.15) is 45.6 Å². The molecule has 0 bridgehead atoms. The number of nitrogens with one attached hydrogen (secondary N) is 1. The highest BCUT2D eigenvalue weighted by atomic mass is 19.1. The Morgan fingerprint density at radius 1 is 1.11 bits per heavy atom. The van der Waals surface area contributed by atoms with E-state index in [0.29, 0.717) is 18.4 Å². The minimum absolute atomic E-state index is 0.422. The van der Waals surface area contributed by atoms with Crippen molar-refractivity contribution in [2.75, 3.05) is 6.54 Å². The molecule has 0 aliphatic heterocycles. The van der Waals surface area contributed by atoms with Gasteiger partial charge in [0.1, 0.15) is 11.6 Å². The van der Waals surface area contributed by atoms with Gasteiger partial charge in [0, 0.05) is 12.1 Å². The van der Waals surface area contributed by atoms with Crippen LogP contribution in [0.2, 0.25) is 0 Å². The predicted molar refractivity (Wildman–Crippen MR) is 76.2 cm³/mol. The Morgan fingerprint density at radius 2 is 1.74 bits per heavy atom. The van der Waals surface area contributed by atoms with Gasteiger partial charge in [0.05, 0.1) is 0 Å². The second-order valence-electron chi connectivity index (χ2n) is 5.60. The first-order valence-electron chi connectivity index (χ1n) is 7.19. The maximum atomic E-state index is 13.1. The van der Waals surface area contributed by atoms with E-state index < -0.39 is 11.6 Å². The average molecular weight is 269 g/mol. The van der Waals surface area contributed by atoms with E-state index in [1.807, 2.05) is 0 Å². The van der Waals surface area contributed by atoms with Crippen LogP contribution in [-0.2, 0) is 6.42 Å². The number of benzene rings is 1. The lowest BCUT2D eigenvalue weighted by molar-refractivity contribution is 0.398. The summed E-state index contributed by atoms with van der Waals surface area (Å²) in [5, 5.41) is 3.51. The fraction of sp³-hybridized carbons (Fsp3) is 0.625. The van der Waals surface area contributed by atoms with Gasteiger partial charge >= 0.3 is 0 Å². The van der Waals surface area contributed by atoms with Gasteiger partial charge in [-0.2, -0.15) is 0 Å². The Hall–Kier alpha value is -0.960. The SMILES string of the molecule is CCCNC(CCc1cc(F)cc(F)c1)CC(C)C. The number of rotatable bonds is 8. The molecule has 1 N–H and O–H groups in total. The molecular formula is C16H25F2N. The average Bonchev–Trinajstić information content (AvgIpc) is 2.31. The Kier molecular flexibility index (Phi) is 7.00. The predicted octanol–water partition coefficient (Wildman–Crippen LogP) is 4.31. The minimum atomic E-state index is -0.489. The number of halogens is 2. The topological polar surface area (TPSA) is 12.0 Å². The minimum Gasteiger partial charge on any atom is -0.314 e. The van der Waals surface area contributed by atoms with Gasteiger partial charge in [-0.15, -0.1) is 0 Å². The van der Waals surface area contributed by atoms with E-state index in [1.165, 1.54) is 12.1 Å². The van der Waals surface area contributed by atoms with E-state index >= 15 is 0 Å². The molecule has 19 heavy (non-hydrogen) atoms. The Balaban J connectivity index is 2.53. The van der Waals surface area contributed by atoms with Gasteiger partial charge < -0.3 is 5.32 Å². The van der Waals surface area contributed by atoms with Crippen LogP contribution in [0.4, 0.5) is 8.78 Å². The third-order valence-electron chi connectivity index (χ3n) is 3.14. The molecule has 1 atom stereocenters. The molecule has 1 unspecified atom stereocenters. The first kappa shape index (κ1) is 16.1. The summed E-state index contributed by atoms with van der Waals surface area (Å²) in [6.07, 6.45) is 3.82. The Morgan fingerprint density at radius 3 is 2.26 bits per heavy atom. The van der Waals surface area contributed by atoms with Crippen molar-refractivity contribution in [3.05, 3.63) is 35.4 Å². The van der Waals surface area contributed by atoms with E-state index in [2.05, 4.69) is 26.1 Å². The summed E-state index contributed by atoms with van der Waals surface area (Å²) in [6.45, 7) is 7.53. The molecule has 3 heteroatoms. The molecule has 0 aliphatic carbocycles. The molecule has 0 saturated carbocycles. The molecule has 0 radical (unpaired) electrons. The largest absolute Gasteiger partial charge is 0.314 e. The van der Waals surface area contributed by atoms with E-state index in [9.17, 15) is 8.78 Å². The van der Waals surface area contributed by atoms with Gasteiger partial charge in [0.25, 0.3) is 0 Å². The second kappa shape index (κ2) is 8.26. The summed E-state index contributed by atoms with van der Waals surface area (Å²) in [4.78, 5) is 0. The van der Waals surface area contributed by atoms with Gasteiger partial charge in [-0.05, 0) is 55.8 Å². The van der Waals surface area contributed by atoms with Crippen molar-refractivity contribution in [1.29, 1.82) is 0 Å². The van der Waals surface area contributed by atoms with E-state index in [-0.39, 0.29) is 0 Å². The fourth-order valence-electron chi connectivity index (χ4n) is 2.32. The van der Waals surface area contributed by atoms with Gasteiger partial charge in [0.2, 0.25) is 0 Å². The normalized spacial score (nSPS) is 12.9. The lowest BCUT2D eigenvalue weighted by Crippen LogP contribution is -2.31. The summed E-state index contributed by atoms with van der Waals surface area (Å²) >= 11 is 0. The molecule has 1 aromatic carbocycles. The summed E-state index contributed by atoms with van der Waals surface area (Å²) in [5.41, 5.74) is 0.740. The molecule has 0 spiro atoms. The first-order chi connectivity index (χ1) is 9.01. The first-order valence-corrected chi connectivity index (χ1v) is 7.19. The molecule has 108 valence electrons. The smallest absolute Gasteiger partial charge is 0.126 e. The molecule has 0 saturated heterocycles. The lowest BCUT2D eigenvalue weighted by atomic mass is 9.97. The van der Waals surface area contributed by atoms with Crippen molar-refractivity contribution in [2.24, 2.45) is 5.92 Å². The van der Waals surface area contributed by atoms with Gasteiger partial charge in [0.15, 0.2) is 0 Å². The third kappa shape index (κ3) is 6.67. The summed E-state index contributed by atoms with van der Waals surface area (Å²) < 4.78 is 26.2. The van der Waals surface area contributed by atoms with Crippen molar-refractivity contribution >= 4 is 0 Å². The van der Waals surface area contributed by atoms with Crippen molar-refractivity contribution in [3.63, 3.8) is 0 Å². The fourth-order valence-corrected chi connectivity index (χ4v) is 2.32. The zero-order chi connectivity index (χ0) is 14.3. The van der Waals surface area contributed by atoms with Crippen molar-refractivity contribution in [1.82, 2.24) is 5.32 Å². The van der Waals surface area contributed by atoms with E-state index in [4.69, 9.17) is 0 Å². The molecule has 0 aromatic heterocycles. The molecule has 0 amide bonds. The summed E-state index contributed by atoms with van der Waals surface area (Å²) in [6, 6.07) is 4.20. The van der Waals surface area contributed by atoms with Crippen molar-refractivity contribution < 1.29 is 8.78 Å². The number of hydrogen-bond donors (Lipinski definition) is 1. The zero-order valence-corrected chi connectivity index (χ0v) is 12.2.